The van der Waals surface area contributed by atoms with Crippen LogP contribution >= 0.6 is 43.6 Å². The molecule has 2 fully saturated rings. The Hall–Kier alpha value is -2.30. The molecule has 0 saturated carbocycles. The van der Waals surface area contributed by atoms with Crippen LogP contribution in [-0.2, 0) is 16.2 Å². The minimum absolute atomic E-state index is 0.191. The average molecular weight is 624 g/mol. The summed E-state index contributed by atoms with van der Waals surface area (Å²) < 4.78 is 13.1. The SMILES string of the molecule is COc1cc(/C=C2\SC(=O)N(CC(=O)N3CCCCC3)C2=O)c(Br)cc1OCc1ccc(Br)cc1. The van der Waals surface area contributed by atoms with Crippen molar-refractivity contribution in [3.05, 3.63) is 61.4 Å². The number of benzene rings is 2. The molecule has 2 aromatic rings. The van der Waals surface area contributed by atoms with E-state index in [0.29, 0.717) is 41.2 Å². The molecule has 0 radical (unpaired) electrons. The number of piperidine rings is 1. The first-order valence-electron chi connectivity index (χ1n) is 11.1. The number of likely N-dealkylation sites (tertiary alicyclic amines) is 1. The Morgan fingerprint density at radius 3 is 2.46 bits per heavy atom. The van der Waals surface area contributed by atoms with Crippen LogP contribution in [-0.4, -0.2) is 53.6 Å². The molecule has 184 valence electrons. The molecule has 10 heteroatoms. The summed E-state index contributed by atoms with van der Waals surface area (Å²) in [6, 6.07) is 11.3. The highest BCUT2D eigenvalue weighted by Crippen LogP contribution is 2.38. The van der Waals surface area contributed by atoms with E-state index in [-0.39, 0.29) is 17.4 Å². The van der Waals surface area contributed by atoms with E-state index < -0.39 is 11.1 Å². The zero-order valence-electron chi connectivity index (χ0n) is 19.1. The standard InChI is InChI=1S/C25H24Br2N2O5S/c1-33-20-11-17(19(27)13-21(20)34-15-16-5-7-18(26)8-6-16)12-22-24(31)29(25(32)35-22)14-23(30)28-9-3-2-4-10-28/h5-8,11-13H,2-4,9-10,14-15H2,1H3/b22-12-. The minimum atomic E-state index is -0.466. The molecule has 3 amide bonds. The fourth-order valence-electron chi connectivity index (χ4n) is 3.83. The van der Waals surface area contributed by atoms with Gasteiger partial charge in [0.05, 0.1) is 12.0 Å². The molecule has 0 aliphatic carbocycles. The predicted molar refractivity (Wildman–Crippen MR) is 142 cm³/mol. The molecule has 0 aromatic heterocycles. The number of amides is 3. The molecule has 0 bridgehead atoms. The smallest absolute Gasteiger partial charge is 0.294 e. The molecule has 0 atom stereocenters. The number of carbonyl (C=O) groups excluding carboxylic acids is 3. The van der Waals surface area contributed by atoms with Gasteiger partial charge in [-0.05, 0) is 72.5 Å². The number of thioether (sulfide) groups is 1. The van der Waals surface area contributed by atoms with Gasteiger partial charge in [0.2, 0.25) is 5.91 Å². The summed E-state index contributed by atoms with van der Waals surface area (Å²) in [4.78, 5) is 41.0. The van der Waals surface area contributed by atoms with E-state index in [9.17, 15) is 14.4 Å². The largest absolute Gasteiger partial charge is 0.493 e. The third kappa shape index (κ3) is 6.29. The fourth-order valence-corrected chi connectivity index (χ4v) is 5.36. The first-order chi connectivity index (χ1) is 16.9. The fraction of sp³-hybridized carbons (Fsp3) is 0.320. The van der Waals surface area contributed by atoms with Gasteiger partial charge in [0.1, 0.15) is 13.2 Å². The summed E-state index contributed by atoms with van der Waals surface area (Å²) in [6.45, 7) is 1.48. The highest BCUT2D eigenvalue weighted by molar-refractivity contribution is 9.10. The maximum atomic E-state index is 12.9. The van der Waals surface area contributed by atoms with Crippen molar-refractivity contribution in [2.24, 2.45) is 0 Å². The molecular weight excluding hydrogens is 600 g/mol. The normalized spacial score (nSPS) is 17.3. The molecule has 7 nitrogen and oxygen atoms in total. The summed E-state index contributed by atoms with van der Waals surface area (Å²) in [5.41, 5.74) is 1.66. The second-order valence-electron chi connectivity index (χ2n) is 8.15. The van der Waals surface area contributed by atoms with E-state index in [0.717, 1.165) is 46.0 Å². The molecule has 0 N–H and O–H groups in total. The summed E-state index contributed by atoms with van der Waals surface area (Å²) >= 11 is 7.78. The van der Waals surface area contributed by atoms with Gasteiger partial charge in [-0.25, -0.2) is 0 Å². The molecular formula is C25H24Br2N2O5S. The van der Waals surface area contributed by atoms with Gasteiger partial charge >= 0.3 is 0 Å². The quantitative estimate of drug-likeness (QED) is 0.360. The van der Waals surface area contributed by atoms with Gasteiger partial charge in [-0.1, -0.05) is 44.0 Å². The molecule has 2 saturated heterocycles. The summed E-state index contributed by atoms with van der Waals surface area (Å²) in [6.07, 6.45) is 4.63. The molecule has 2 aliphatic rings. The number of nitrogens with zero attached hydrogens (tertiary/aromatic N) is 2. The number of rotatable bonds is 7. The van der Waals surface area contributed by atoms with Crippen LogP contribution in [0, 0.1) is 0 Å². The van der Waals surface area contributed by atoms with Gasteiger partial charge in [-0.2, -0.15) is 0 Å². The Morgan fingerprint density at radius 2 is 1.77 bits per heavy atom. The van der Waals surface area contributed by atoms with Crippen molar-refractivity contribution in [3.63, 3.8) is 0 Å². The predicted octanol–water partition coefficient (Wildman–Crippen LogP) is 5.85. The molecule has 0 unspecified atom stereocenters. The van der Waals surface area contributed by atoms with Crippen LogP contribution in [0.2, 0.25) is 0 Å². The van der Waals surface area contributed by atoms with Crippen molar-refractivity contribution in [3.8, 4) is 11.5 Å². The Morgan fingerprint density at radius 1 is 1.06 bits per heavy atom. The number of hydrogen-bond acceptors (Lipinski definition) is 6. The Kier molecular flexibility index (Phi) is 8.56. The lowest BCUT2D eigenvalue weighted by atomic mass is 10.1. The summed E-state index contributed by atoms with van der Waals surface area (Å²) in [5.74, 6) is 0.380. The van der Waals surface area contributed by atoms with Gasteiger partial charge in [-0.3, -0.25) is 19.3 Å². The van der Waals surface area contributed by atoms with Gasteiger partial charge in [-0.15, -0.1) is 0 Å². The lowest BCUT2D eigenvalue weighted by Crippen LogP contribution is -2.44. The van der Waals surface area contributed by atoms with Crippen molar-refractivity contribution in [1.29, 1.82) is 0 Å². The molecule has 35 heavy (non-hydrogen) atoms. The third-order valence-electron chi connectivity index (χ3n) is 5.75. The Balaban J connectivity index is 1.48. The van der Waals surface area contributed by atoms with E-state index in [2.05, 4.69) is 31.9 Å². The number of hydrogen-bond donors (Lipinski definition) is 0. The van der Waals surface area contributed by atoms with Crippen molar-refractivity contribution < 1.29 is 23.9 Å². The van der Waals surface area contributed by atoms with E-state index in [1.54, 1.807) is 30.2 Å². The zero-order valence-corrected chi connectivity index (χ0v) is 23.1. The van der Waals surface area contributed by atoms with Gasteiger partial charge in [0, 0.05) is 22.0 Å². The maximum Gasteiger partial charge on any atom is 0.294 e. The summed E-state index contributed by atoms with van der Waals surface area (Å²) in [7, 11) is 1.54. The monoisotopic (exact) mass is 622 g/mol. The van der Waals surface area contributed by atoms with Crippen LogP contribution in [0.4, 0.5) is 4.79 Å². The van der Waals surface area contributed by atoms with E-state index in [1.165, 1.54) is 0 Å². The van der Waals surface area contributed by atoms with Crippen LogP contribution in [0.1, 0.15) is 30.4 Å². The highest BCUT2D eigenvalue weighted by atomic mass is 79.9. The van der Waals surface area contributed by atoms with E-state index in [4.69, 9.17) is 9.47 Å². The van der Waals surface area contributed by atoms with Crippen molar-refractivity contribution in [2.45, 2.75) is 25.9 Å². The molecule has 2 heterocycles. The average Bonchev–Trinajstić information content (AvgIpc) is 3.12. The van der Waals surface area contributed by atoms with Gasteiger partial charge in [0.25, 0.3) is 11.1 Å². The zero-order chi connectivity index (χ0) is 24.9. The van der Waals surface area contributed by atoms with Crippen LogP contribution in [0.25, 0.3) is 6.08 Å². The Bertz CT molecular complexity index is 1160. The topological polar surface area (TPSA) is 76.2 Å². The summed E-state index contributed by atoms with van der Waals surface area (Å²) in [5, 5.41) is -0.441. The Labute approximate surface area is 225 Å². The second-order valence-corrected chi connectivity index (χ2v) is 10.9. The van der Waals surface area contributed by atoms with Crippen LogP contribution in [0.5, 0.6) is 11.5 Å². The first-order valence-corrected chi connectivity index (χ1v) is 13.5. The molecule has 2 aromatic carbocycles. The number of carbonyl (C=O) groups is 3. The number of imide groups is 1. The number of ether oxygens (including phenoxy) is 2. The van der Waals surface area contributed by atoms with E-state index in [1.807, 2.05) is 24.3 Å². The van der Waals surface area contributed by atoms with Crippen LogP contribution < -0.4 is 9.47 Å². The number of methoxy groups -OCH3 is 1. The van der Waals surface area contributed by atoms with Crippen molar-refractivity contribution in [2.75, 3.05) is 26.7 Å². The van der Waals surface area contributed by atoms with Gasteiger partial charge < -0.3 is 14.4 Å². The molecule has 4 rings (SSSR count). The molecule has 2 aliphatic heterocycles. The number of halogens is 2. The van der Waals surface area contributed by atoms with Crippen molar-refractivity contribution >= 4 is 66.8 Å². The first kappa shape index (κ1) is 25.8. The van der Waals surface area contributed by atoms with Crippen LogP contribution in [0.15, 0.2) is 50.2 Å². The highest BCUT2D eigenvalue weighted by Gasteiger charge is 2.37. The van der Waals surface area contributed by atoms with E-state index >= 15 is 0 Å². The lowest BCUT2D eigenvalue weighted by Gasteiger charge is -2.27. The van der Waals surface area contributed by atoms with Gasteiger partial charge in [0.15, 0.2) is 11.5 Å². The lowest BCUT2D eigenvalue weighted by molar-refractivity contribution is -0.136. The third-order valence-corrected chi connectivity index (χ3v) is 7.88. The minimum Gasteiger partial charge on any atom is -0.493 e. The second kappa shape index (κ2) is 11.6. The molecule has 0 spiro atoms. The van der Waals surface area contributed by atoms with Crippen molar-refractivity contribution in [1.82, 2.24) is 9.80 Å². The van der Waals surface area contributed by atoms with Crippen LogP contribution in [0.3, 0.4) is 0 Å². The maximum absolute atomic E-state index is 12.9.